The van der Waals surface area contributed by atoms with Crippen molar-refractivity contribution >= 4 is 16.8 Å². The molecule has 0 bridgehead atoms. The molecular weight excluding hydrogens is 328 g/mol. The second-order valence-corrected chi connectivity index (χ2v) is 6.98. The molecule has 0 N–H and O–H groups in total. The summed E-state index contributed by atoms with van der Waals surface area (Å²) < 4.78 is 11.7. The number of morpholine rings is 1. The van der Waals surface area contributed by atoms with Crippen molar-refractivity contribution in [2.45, 2.75) is 25.0 Å². The van der Waals surface area contributed by atoms with Crippen molar-refractivity contribution in [3.8, 4) is 0 Å². The summed E-state index contributed by atoms with van der Waals surface area (Å²) in [5, 5.41) is 0.991. The van der Waals surface area contributed by atoms with Gasteiger partial charge in [0, 0.05) is 29.6 Å². The fourth-order valence-electron chi connectivity index (χ4n) is 4.17. The number of ether oxygens (including phenoxy) is 2. The fourth-order valence-corrected chi connectivity index (χ4v) is 4.17. The molecule has 136 valence electrons. The zero-order chi connectivity index (χ0) is 17.9. The summed E-state index contributed by atoms with van der Waals surface area (Å²) in [5.74, 6) is 0.429. The van der Waals surface area contributed by atoms with Crippen LogP contribution < -0.4 is 0 Å². The Morgan fingerprint density at radius 1 is 1.38 bits per heavy atom. The predicted molar refractivity (Wildman–Crippen MR) is 100 cm³/mol. The Labute approximate surface area is 153 Å². The third-order valence-electron chi connectivity index (χ3n) is 5.40. The summed E-state index contributed by atoms with van der Waals surface area (Å²) in [6, 6.07) is 9.76. The molecule has 0 unspecified atom stereocenters. The molecule has 2 aliphatic rings. The van der Waals surface area contributed by atoms with Crippen molar-refractivity contribution in [2.75, 3.05) is 26.4 Å². The highest BCUT2D eigenvalue weighted by Gasteiger charge is 2.44. The average Bonchev–Trinajstić information content (AvgIpc) is 3.10. The quantitative estimate of drug-likeness (QED) is 0.613. The number of carbonyl (C=O) groups is 1. The van der Waals surface area contributed by atoms with Crippen LogP contribution >= 0.6 is 0 Å². The maximum Gasteiger partial charge on any atom is 0.254 e. The largest absolute Gasteiger partial charge is 0.377 e. The van der Waals surface area contributed by atoms with Crippen molar-refractivity contribution in [1.82, 2.24) is 9.88 Å². The summed E-state index contributed by atoms with van der Waals surface area (Å²) in [5.41, 5.74) is 1.63. The molecule has 1 aromatic heterocycles. The molecule has 2 fully saturated rings. The first-order valence-corrected chi connectivity index (χ1v) is 9.24. The average molecular weight is 352 g/mol. The zero-order valence-corrected chi connectivity index (χ0v) is 14.8. The molecule has 26 heavy (non-hydrogen) atoms. The Balaban J connectivity index is 1.51. The highest BCUT2D eigenvalue weighted by Crippen LogP contribution is 2.35. The van der Waals surface area contributed by atoms with E-state index in [0.717, 1.165) is 29.3 Å². The lowest BCUT2D eigenvalue weighted by Crippen LogP contribution is -2.53. The maximum absolute atomic E-state index is 13.2. The summed E-state index contributed by atoms with van der Waals surface area (Å²) in [6.45, 7) is 6.13. The monoisotopic (exact) mass is 352 g/mol. The second kappa shape index (κ2) is 7.56. The molecule has 0 spiro atoms. The number of rotatable bonds is 5. The van der Waals surface area contributed by atoms with Crippen LogP contribution in [0.1, 0.15) is 23.2 Å². The van der Waals surface area contributed by atoms with Gasteiger partial charge in [-0.2, -0.15) is 0 Å². The number of nitrogens with zero attached hydrogens (tertiary/aromatic N) is 2. The van der Waals surface area contributed by atoms with Gasteiger partial charge >= 0.3 is 0 Å². The summed E-state index contributed by atoms with van der Waals surface area (Å²) in [4.78, 5) is 19.5. The molecular formula is C21H24N2O3. The minimum atomic E-state index is 0.0691. The number of hydrogen-bond acceptors (Lipinski definition) is 4. The van der Waals surface area contributed by atoms with Crippen molar-refractivity contribution < 1.29 is 14.3 Å². The first-order chi connectivity index (χ1) is 12.8. The zero-order valence-electron chi connectivity index (χ0n) is 14.8. The van der Waals surface area contributed by atoms with E-state index in [0.29, 0.717) is 32.3 Å². The number of carbonyl (C=O) groups excluding carboxylic acids is 1. The molecule has 3 atom stereocenters. The van der Waals surface area contributed by atoms with Gasteiger partial charge in [-0.05, 0) is 37.1 Å². The van der Waals surface area contributed by atoms with Gasteiger partial charge in [-0.15, -0.1) is 6.58 Å². The van der Waals surface area contributed by atoms with Crippen LogP contribution in [0.25, 0.3) is 10.9 Å². The number of fused-ring (bicyclic) bond motifs is 2. The molecule has 4 rings (SSSR count). The molecule has 0 radical (unpaired) electrons. The summed E-state index contributed by atoms with van der Waals surface area (Å²) >= 11 is 0. The van der Waals surface area contributed by atoms with Crippen LogP contribution in [-0.2, 0) is 9.47 Å². The molecule has 2 heterocycles. The van der Waals surface area contributed by atoms with E-state index in [4.69, 9.17) is 9.47 Å². The topological polar surface area (TPSA) is 51.7 Å². The van der Waals surface area contributed by atoms with Crippen LogP contribution in [0.4, 0.5) is 0 Å². The van der Waals surface area contributed by atoms with E-state index in [1.54, 1.807) is 12.3 Å². The maximum atomic E-state index is 13.2. The van der Waals surface area contributed by atoms with E-state index in [1.807, 2.05) is 35.2 Å². The highest BCUT2D eigenvalue weighted by molar-refractivity contribution is 5.98. The first kappa shape index (κ1) is 17.2. The Kier molecular flexibility index (Phi) is 5.00. The second-order valence-electron chi connectivity index (χ2n) is 6.98. The van der Waals surface area contributed by atoms with E-state index in [-0.39, 0.29) is 18.1 Å². The van der Waals surface area contributed by atoms with Crippen LogP contribution in [-0.4, -0.2) is 54.3 Å². The van der Waals surface area contributed by atoms with Gasteiger partial charge in [-0.25, -0.2) is 0 Å². The van der Waals surface area contributed by atoms with E-state index in [2.05, 4.69) is 11.6 Å². The SMILES string of the molecule is C=CCOC[C@@H]1CC[C@H]2[C@@H]1OCCN2C(=O)c1ccc2ncccc2c1. The van der Waals surface area contributed by atoms with Crippen LogP contribution in [0.5, 0.6) is 0 Å². The molecule has 1 aliphatic heterocycles. The normalized spacial score (nSPS) is 25.2. The van der Waals surface area contributed by atoms with Gasteiger partial charge in [-0.1, -0.05) is 12.1 Å². The van der Waals surface area contributed by atoms with E-state index in [9.17, 15) is 4.79 Å². The minimum absolute atomic E-state index is 0.0691. The highest BCUT2D eigenvalue weighted by atomic mass is 16.5. The summed E-state index contributed by atoms with van der Waals surface area (Å²) in [7, 11) is 0. The van der Waals surface area contributed by atoms with Gasteiger partial charge in [0.15, 0.2) is 0 Å². The van der Waals surface area contributed by atoms with E-state index < -0.39 is 0 Å². The van der Waals surface area contributed by atoms with Crippen molar-refractivity contribution in [3.05, 3.63) is 54.7 Å². The Morgan fingerprint density at radius 2 is 2.31 bits per heavy atom. The lowest BCUT2D eigenvalue weighted by atomic mass is 10.0. The van der Waals surface area contributed by atoms with Crippen molar-refractivity contribution in [2.24, 2.45) is 5.92 Å². The lowest BCUT2D eigenvalue weighted by Gasteiger charge is -2.39. The molecule has 1 saturated heterocycles. The third kappa shape index (κ3) is 3.24. The Bertz CT molecular complexity index is 807. The molecule has 1 aliphatic carbocycles. The van der Waals surface area contributed by atoms with E-state index in [1.165, 1.54) is 0 Å². The van der Waals surface area contributed by atoms with Crippen LogP contribution in [0.3, 0.4) is 0 Å². The van der Waals surface area contributed by atoms with Gasteiger partial charge in [0.05, 0.1) is 37.5 Å². The van der Waals surface area contributed by atoms with E-state index >= 15 is 0 Å². The Morgan fingerprint density at radius 3 is 3.19 bits per heavy atom. The first-order valence-electron chi connectivity index (χ1n) is 9.24. The lowest BCUT2D eigenvalue weighted by molar-refractivity contribution is -0.0738. The number of pyridine rings is 1. The molecule has 5 heteroatoms. The summed E-state index contributed by atoms with van der Waals surface area (Å²) in [6.07, 6.45) is 5.59. The minimum Gasteiger partial charge on any atom is -0.377 e. The molecule has 5 nitrogen and oxygen atoms in total. The third-order valence-corrected chi connectivity index (χ3v) is 5.40. The predicted octanol–water partition coefficient (Wildman–Crippen LogP) is 3.06. The van der Waals surface area contributed by atoms with Gasteiger partial charge in [-0.3, -0.25) is 9.78 Å². The van der Waals surface area contributed by atoms with Gasteiger partial charge in [0.2, 0.25) is 0 Å². The smallest absolute Gasteiger partial charge is 0.254 e. The van der Waals surface area contributed by atoms with Gasteiger partial charge in [0.1, 0.15) is 0 Å². The van der Waals surface area contributed by atoms with Crippen LogP contribution in [0.2, 0.25) is 0 Å². The molecule has 1 aromatic carbocycles. The van der Waals surface area contributed by atoms with Crippen LogP contribution in [0.15, 0.2) is 49.2 Å². The molecule has 1 amide bonds. The Hall–Kier alpha value is -2.24. The standard InChI is InChI=1S/C21H24N2O3/c1-2-11-25-14-17-6-8-19-20(17)26-12-10-23(19)21(24)16-5-7-18-15(13-16)4-3-9-22-18/h2-5,7,9,13,17,19-20H,1,6,8,10-12,14H2/t17-,19-,20+/m0/s1. The fraction of sp³-hybridized carbons (Fsp3) is 0.429. The molecule has 2 aromatic rings. The molecule has 1 saturated carbocycles. The number of aromatic nitrogens is 1. The number of benzene rings is 1. The van der Waals surface area contributed by atoms with Crippen molar-refractivity contribution in [3.63, 3.8) is 0 Å². The number of hydrogen-bond donors (Lipinski definition) is 0. The number of amides is 1. The van der Waals surface area contributed by atoms with Crippen LogP contribution in [0, 0.1) is 5.92 Å². The van der Waals surface area contributed by atoms with Crippen molar-refractivity contribution in [1.29, 1.82) is 0 Å². The van der Waals surface area contributed by atoms with Gasteiger partial charge < -0.3 is 14.4 Å². The van der Waals surface area contributed by atoms with Gasteiger partial charge in [0.25, 0.3) is 5.91 Å².